The first-order chi connectivity index (χ1) is 13.3. The molecule has 5 heteroatoms. The molecule has 0 saturated carbocycles. The lowest BCUT2D eigenvalue weighted by Crippen LogP contribution is -2.49. The summed E-state index contributed by atoms with van der Waals surface area (Å²) in [7, 11) is 1.66. The average Bonchev–Trinajstić information content (AvgIpc) is 3.24. The van der Waals surface area contributed by atoms with E-state index in [2.05, 4.69) is 15.9 Å². The molecule has 1 aromatic rings. The number of rotatable bonds is 5. The molecule has 1 aromatic carbocycles. The Morgan fingerprint density at radius 2 is 2.00 bits per heavy atom. The summed E-state index contributed by atoms with van der Waals surface area (Å²) >= 11 is 0. The van der Waals surface area contributed by atoms with E-state index < -0.39 is 0 Å². The van der Waals surface area contributed by atoms with Gasteiger partial charge in [0, 0.05) is 19.1 Å². The number of piperidine rings is 1. The largest absolute Gasteiger partial charge is 0.493 e. The number of nitrogens with zero attached hydrogens (tertiary/aromatic N) is 2. The van der Waals surface area contributed by atoms with Crippen LogP contribution in [0, 0.1) is 5.92 Å². The van der Waals surface area contributed by atoms with Crippen molar-refractivity contribution in [2.45, 2.75) is 51.0 Å². The Morgan fingerprint density at radius 3 is 2.81 bits per heavy atom. The quantitative estimate of drug-likeness (QED) is 0.796. The summed E-state index contributed by atoms with van der Waals surface area (Å²) in [5.74, 6) is 1.79. The van der Waals surface area contributed by atoms with Gasteiger partial charge in [0.2, 0.25) is 5.91 Å². The van der Waals surface area contributed by atoms with Gasteiger partial charge in [-0.1, -0.05) is 12.1 Å². The zero-order valence-corrected chi connectivity index (χ0v) is 16.5. The number of benzene rings is 1. The van der Waals surface area contributed by atoms with Crippen molar-refractivity contribution in [1.29, 1.82) is 0 Å². The van der Waals surface area contributed by atoms with Crippen LogP contribution >= 0.6 is 0 Å². The highest BCUT2D eigenvalue weighted by Gasteiger charge is 2.35. The van der Waals surface area contributed by atoms with Crippen LogP contribution in [0.1, 0.15) is 44.1 Å². The molecular formula is C22H32N2O3. The van der Waals surface area contributed by atoms with E-state index in [1.165, 1.54) is 32.4 Å². The minimum absolute atomic E-state index is 0.0722. The van der Waals surface area contributed by atoms with Gasteiger partial charge in [-0.2, -0.15) is 0 Å². The van der Waals surface area contributed by atoms with E-state index in [-0.39, 0.29) is 11.8 Å². The Hall–Kier alpha value is -1.75. The molecule has 4 rings (SSSR count). The summed E-state index contributed by atoms with van der Waals surface area (Å²) in [6.07, 6.45) is 8.05. The van der Waals surface area contributed by atoms with Crippen molar-refractivity contribution < 1.29 is 14.3 Å². The Morgan fingerprint density at radius 1 is 1.19 bits per heavy atom. The molecular weight excluding hydrogens is 340 g/mol. The van der Waals surface area contributed by atoms with Crippen molar-refractivity contribution in [2.75, 3.05) is 39.9 Å². The molecule has 3 heterocycles. The molecule has 3 aliphatic heterocycles. The second-order valence-corrected chi connectivity index (χ2v) is 8.18. The van der Waals surface area contributed by atoms with Crippen LogP contribution in [0.25, 0.3) is 0 Å². The number of fused-ring (bicyclic) bond motifs is 1. The van der Waals surface area contributed by atoms with Gasteiger partial charge in [0.25, 0.3) is 0 Å². The van der Waals surface area contributed by atoms with Gasteiger partial charge in [-0.15, -0.1) is 0 Å². The Kier molecular flexibility index (Phi) is 5.86. The molecule has 0 bridgehead atoms. The number of ether oxygens (including phenoxy) is 2. The Bertz CT molecular complexity index is 657. The van der Waals surface area contributed by atoms with E-state index in [9.17, 15) is 4.79 Å². The van der Waals surface area contributed by atoms with E-state index >= 15 is 0 Å². The maximum absolute atomic E-state index is 13.3. The van der Waals surface area contributed by atoms with Crippen LogP contribution in [-0.2, 0) is 11.2 Å². The molecule has 1 amide bonds. The van der Waals surface area contributed by atoms with Crippen molar-refractivity contribution >= 4 is 5.91 Å². The molecule has 2 saturated heterocycles. The monoisotopic (exact) mass is 372 g/mol. The number of amides is 1. The predicted octanol–water partition coefficient (Wildman–Crippen LogP) is 3.11. The number of methoxy groups -OCH3 is 1. The first-order valence-corrected chi connectivity index (χ1v) is 10.6. The maximum Gasteiger partial charge on any atom is 0.229 e. The lowest BCUT2D eigenvalue weighted by Gasteiger charge is -2.39. The SMILES string of the molecule is COc1cccc2c1OC[C@@H](C(=O)N1CCCC[C@H]1CCN1CCCC1)C2. The summed E-state index contributed by atoms with van der Waals surface area (Å²) < 4.78 is 11.4. The summed E-state index contributed by atoms with van der Waals surface area (Å²) in [4.78, 5) is 18.1. The van der Waals surface area contributed by atoms with Crippen molar-refractivity contribution in [3.8, 4) is 11.5 Å². The molecule has 0 N–H and O–H groups in total. The number of hydrogen-bond acceptors (Lipinski definition) is 4. The molecule has 0 unspecified atom stereocenters. The van der Waals surface area contributed by atoms with Crippen molar-refractivity contribution in [2.24, 2.45) is 5.92 Å². The summed E-state index contributed by atoms with van der Waals surface area (Å²) in [5, 5.41) is 0. The van der Waals surface area contributed by atoms with E-state index in [4.69, 9.17) is 9.47 Å². The zero-order valence-electron chi connectivity index (χ0n) is 16.5. The average molecular weight is 373 g/mol. The Balaban J connectivity index is 1.40. The molecule has 2 fully saturated rings. The van der Waals surface area contributed by atoms with Gasteiger partial charge >= 0.3 is 0 Å². The molecule has 27 heavy (non-hydrogen) atoms. The molecule has 3 aliphatic rings. The fourth-order valence-electron chi connectivity index (χ4n) is 4.88. The molecule has 2 atom stereocenters. The van der Waals surface area contributed by atoms with E-state index in [0.29, 0.717) is 12.6 Å². The minimum atomic E-state index is -0.0722. The number of carbonyl (C=O) groups is 1. The van der Waals surface area contributed by atoms with Crippen LogP contribution in [0.4, 0.5) is 0 Å². The van der Waals surface area contributed by atoms with E-state index in [1.54, 1.807) is 7.11 Å². The van der Waals surface area contributed by atoms with Crippen LogP contribution in [0.2, 0.25) is 0 Å². The van der Waals surface area contributed by atoms with Crippen LogP contribution in [0.5, 0.6) is 11.5 Å². The van der Waals surface area contributed by atoms with Gasteiger partial charge in [0.15, 0.2) is 11.5 Å². The van der Waals surface area contributed by atoms with Crippen molar-refractivity contribution in [3.05, 3.63) is 23.8 Å². The zero-order chi connectivity index (χ0) is 18.6. The summed E-state index contributed by atoms with van der Waals surface area (Å²) in [5.41, 5.74) is 1.09. The fourth-order valence-corrected chi connectivity index (χ4v) is 4.88. The number of carbonyl (C=O) groups excluding carboxylic acids is 1. The van der Waals surface area contributed by atoms with Gasteiger partial charge < -0.3 is 19.3 Å². The Labute approximate surface area is 162 Å². The lowest BCUT2D eigenvalue weighted by atomic mass is 9.92. The predicted molar refractivity (Wildman–Crippen MR) is 105 cm³/mol. The third-order valence-electron chi connectivity index (χ3n) is 6.41. The summed E-state index contributed by atoms with van der Waals surface area (Å²) in [6, 6.07) is 6.35. The number of para-hydroxylation sites is 1. The van der Waals surface area contributed by atoms with Gasteiger partial charge in [-0.25, -0.2) is 0 Å². The van der Waals surface area contributed by atoms with Crippen LogP contribution < -0.4 is 9.47 Å². The highest BCUT2D eigenvalue weighted by atomic mass is 16.5. The molecule has 148 valence electrons. The van der Waals surface area contributed by atoms with Crippen molar-refractivity contribution in [3.63, 3.8) is 0 Å². The second kappa shape index (κ2) is 8.51. The fraction of sp³-hybridized carbons (Fsp3) is 0.682. The van der Waals surface area contributed by atoms with Crippen LogP contribution in [0.3, 0.4) is 0 Å². The molecule has 0 aliphatic carbocycles. The van der Waals surface area contributed by atoms with E-state index in [0.717, 1.165) is 55.8 Å². The standard InChI is InChI=1S/C22H32N2O3/c1-26-20-9-6-7-17-15-18(16-27-21(17)20)22(25)24-13-3-2-8-19(24)10-14-23-11-4-5-12-23/h6-7,9,18-19H,2-5,8,10-16H2,1H3/t18-,19-/m0/s1. The molecule has 0 aromatic heterocycles. The van der Waals surface area contributed by atoms with Crippen LogP contribution in [-0.4, -0.2) is 61.6 Å². The van der Waals surface area contributed by atoms with Gasteiger partial charge in [-0.3, -0.25) is 4.79 Å². The highest BCUT2D eigenvalue weighted by Crippen LogP contribution is 2.37. The number of hydrogen-bond donors (Lipinski definition) is 0. The lowest BCUT2D eigenvalue weighted by molar-refractivity contribution is -0.141. The topological polar surface area (TPSA) is 42.0 Å². The first-order valence-electron chi connectivity index (χ1n) is 10.6. The minimum Gasteiger partial charge on any atom is -0.493 e. The summed E-state index contributed by atoms with van der Waals surface area (Å²) in [6.45, 7) is 4.97. The smallest absolute Gasteiger partial charge is 0.229 e. The normalized spacial score (nSPS) is 25.7. The number of likely N-dealkylation sites (tertiary alicyclic amines) is 2. The van der Waals surface area contributed by atoms with Crippen LogP contribution in [0.15, 0.2) is 18.2 Å². The van der Waals surface area contributed by atoms with Gasteiger partial charge in [-0.05, 0) is 69.7 Å². The third kappa shape index (κ3) is 4.08. The van der Waals surface area contributed by atoms with Crippen molar-refractivity contribution in [1.82, 2.24) is 9.80 Å². The first kappa shape index (κ1) is 18.6. The highest BCUT2D eigenvalue weighted by molar-refractivity contribution is 5.80. The maximum atomic E-state index is 13.3. The second-order valence-electron chi connectivity index (χ2n) is 8.18. The van der Waals surface area contributed by atoms with E-state index in [1.807, 2.05) is 12.1 Å². The van der Waals surface area contributed by atoms with Gasteiger partial charge in [0.05, 0.1) is 13.0 Å². The molecule has 0 radical (unpaired) electrons. The molecule has 0 spiro atoms. The molecule has 5 nitrogen and oxygen atoms in total. The van der Waals surface area contributed by atoms with Gasteiger partial charge in [0.1, 0.15) is 6.61 Å². The third-order valence-corrected chi connectivity index (χ3v) is 6.41.